The number of hydrazine groups is 1. The average molecular weight is 193 g/mol. The molecule has 4 nitrogen and oxygen atoms in total. The Morgan fingerprint density at radius 3 is 2.57 bits per heavy atom. The molecule has 0 aliphatic heterocycles. The first-order valence-electron chi connectivity index (χ1n) is 4.54. The lowest BCUT2D eigenvalue weighted by Crippen LogP contribution is -2.44. The highest BCUT2D eigenvalue weighted by Crippen LogP contribution is 2.03. The van der Waals surface area contributed by atoms with Crippen molar-refractivity contribution < 1.29 is 4.79 Å². The third-order valence-corrected chi connectivity index (χ3v) is 2.07. The largest absolute Gasteiger partial charge is 0.320 e. The van der Waals surface area contributed by atoms with Crippen LogP contribution in [0.25, 0.3) is 0 Å². The topological polar surface area (TPSA) is 81.1 Å². The zero-order chi connectivity index (χ0) is 10.4. The summed E-state index contributed by atoms with van der Waals surface area (Å²) in [4.78, 5) is 11.0. The third kappa shape index (κ3) is 3.16. The van der Waals surface area contributed by atoms with Crippen LogP contribution in [0.3, 0.4) is 0 Å². The van der Waals surface area contributed by atoms with E-state index < -0.39 is 6.04 Å². The lowest BCUT2D eigenvalue weighted by atomic mass is 10.1. The predicted molar refractivity (Wildman–Crippen MR) is 55.1 cm³/mol. The SMILES string of the molecule is NNC(=O)[C@H](N)CCc1ccccc1. The standard InChI is InChI=1S/C10H15N3O/c11-9(10(14)13-12)7-6-8-4-2-1-3-5-8/h1-5,9H,6-7,11-12H2,(H,13,14)/t9-/m1/s1. The Bertz CT molecular complexity index is 287. The van der Waals surface area contributed by atoms with Gasteiger partial charge in [0.25, 0.3) is 5.91 Å². The second kappa shape index (κ2) is 5.36. The van der Waals surface area contributed by atoms with Gasteiger partial charge in [0, 0.05) is 0 Å². The second-order valence-corrected chi connectivity index (χ2v) is 3.14. The molecule has 5 N–H and O–H groups in total. The van der Waals surface area contributed by atoms with E-state index in [2.05, 4.69) is 0 Å². The van der Waals surface area contributed by atoms with E-state index in [1.165, 1.54) is 5.56 Å². The number of aryl methyl sites for hydroxylation is 1. The van der Waals surface area contributed by atoms with E-state index in [1.807, 2.05) is 35.8 Å². The Hall–Kier alpha value is -1.39. The molecule has 1 amide bonds. The molecule has 1 atom stereocenters. The molecule has 1 aromatic rings. The normalized spacial score (nSPS) is 12.1. The molecule has 76 valence electrons. The van der Waals surface area contributed by atoms with Gasteiger partial charge < -0.3 is 5.73 Å². The molecule has 0 aliphatic carbocycles. The van der Waals surface area contributed by atoms with Crippen molar-refractivity contribution in [3.05, 3.63) is 35.9 Å². The Morgan fingerprint density at radius 1 is 1.36 bits per heavy atom. The molecule has 0 aromatic heterocycles. The van der Waals surface area contributed by atoms with Gasteiger partial charge in [-0.25, -0.2) is 5.84 Å². The van der Waals surface area contributed by atoms with Crippen LogP contribution in [0, 0.1) is 0 Å². The fourth-order valence-electron chi connectivity index (χ4n) is 1.20. The van der Waals surface area contributed by atoms with Crippen molar-refractivity contribution in [3.8, 4) is 0 Å². The van der Waals surface area contributed by atoms with Gasteiger partial charge in [-0.3, -0.25) is 10.2 Å². The minimum atomic E-state index is -0.528. The van der Waals surface area contributed by atoms with E-state index >= 15 is 0 Å². The van der Waals surface area contributed by atoms with Crippen molar-refractivity contribution >= 4 is 5.91 Å². The van der Waals surface area contributed by atoms with Crippen molar-refractivity contribution in [1.29, 1.82) is 0 Å². The number of carbonyl (C=O) groups is 1. The van der Waals surface area contributed by atoms with Crippen LogP contribution in [0.5, 0.6) is 0 Å². The number of rotatable bonds is 4. The molecule has 1 aromatic carbocycles. The van der Waals surface area contributed by atoms with Gasteiger partial charge in [0.1, 0.15) is 0 Å². The molecular weight excluding hydrogens is 178 g/mol. The summed E-state index contributed by atoms with van der Waals surface area (Å²) in [7, 11) is 0. The molecule has 0 unspecified atom stereocenters. The maximum atomic E-state index is 11.0. The predicted octanol–water partition coefficient (Wildman–Crippen LogP) is -0.0636. The molecule has 0 bridgehead atoms. The van der Waals surface area contributed by atoms with Crippen LogP contribution >= 0.6 is 0 Å². The van der Waals surface area contributed by atoms with Crippen LogP contribution in [0.4, 0.5) is 0 Å². The number of nitrogens with one attached hydrogen (secondary N) is 1. The molecule has 0 heterocycles. The highest BCUT2D eigenvalue weighted by atomic mass is 16.2. The van der Waals surface area contributed by atoms with Crippen LogP contribution in [-0.4, -0.2) is 11.9 Å². The molecule has 0 aliphatic rings. The van der Waals surface area contributed by atoms with E-state index in [1.54, 1.807) is 0 Å². The van der Waals surface area contributed by atoms with Crippen LogP contribution in [0.15, 0.2) is 30.3 Å². The lowest BCUT2D eigenvalue weighted by Gasteiger charge is -2.08. The van der Waals surface area contributed by atoms with Gasteiger partial charge in [0.2, 0.25) is 0 Å². The van der Waals surface area contributed by atoms with E-state index in [4.69, 9.17) is 11.6 Å². The van der Waals surface area contributed by atoms with Gasteiger partial charge in [-0.05, 0) is 18.4 Å². The molecule has 0 radical (unpaired) electrons. The summed E-state index contributed by atoms with van der Waals surface area (Å²) >= 11 is 0. The smallest absolute Gasteiger partial charge is 0.250 e. The number of nitrogens with two attached hydrogens (primary N) is 2. The van der Waals surface area contributed by atoms with Crippen LogP contribution < -0.4 is 17.0 Å². The quantitative estimate of drug-likeness (QED) is 0.356. The van der Waals surface area contributed by atoms with E-state index in [0.717, 1.165) is 6.42 Å². The van der Waals surface area contributed by atoms with Gasteiger partial charge >= 0.3 is 0 Å². The van der Waals surface area contributed by atoms with Crippen LogP contribution in [0.1, 0.15) is 12.0 Å². The maximum Gasteiger partial charge on any atom is 0.250 e. The van der Waals surface area contributed by atoms with Crippen molar-refractivity contribution in [3.63, 3.8) is 0 Å². The zero-order valence-electron chi connectivity index (χ0n) is 7.94. The molecule has 0 saturated heterocycles. The molecule has 0 spiro atoms. The van der Waals surface area contributed by atoms with Crippen LogP contribution in [0.2, 0.25) is 0 Å². The lowest BCUT2D eigenvalue weighted by molar-refractivity contribution is -0.122. The molecular formula is C10H15N3O. The number of hydrogen-bond donors (Lipinski definition) is 3. The molecule has 0 saturated carbocycles. The summed E-state index contributed by atoms with van der Waals surface area (Å²) in [5.74, 6) is 4.64. The molecule has 0 fully saturated rings. The van der Waals surface area contributed by atoms with Crippen molar-refractivity contribution in [2.75, 3.05) is 0 Å². The first-order valence-corrected chi connectivity index (χ1v) is 4.54. The van der Waals surface area contributed by atoms with Crippen molar-refractivity contribution in [2.45, 2.75) is 18.9 Å². The Morgan fingerprint density at radius 2 is 2.00 bits per heavy atom. The first kappa shape index (κ1) is 10.7. The fourth-order valence-corrected chi connectivity index (χ4v) is 1.20. The van der Waals surface area contributed by atoms with E-state index in [0.29, 0.717) is 6.42 Å². The molecule has 4 heteroatoms. The minimum Gasteiger partial charge on any atom is -0.320 e. The Kier molecular flexibility index (Phi) is 4.10. The Labute approximate surface area is 83.3 Å². The van der Waals surface area contributed by atoms with E-state index in [-0.39, 0.29) is 5.91 Å². The third-order valence-electron chi connectivity index (χ3n) is 2.07. The van der Waals surface area contributed by atoms with E-state index in [9.17, 15) is 4.79 Å². The minimum absolute atomic E-state index is 0.319. The summed E-state index contributed by atoms with van der Waals surface area (Å²) in [6.45, 7) is 0. The van der Waals surface area contributed by atoms with Gasteiger partial charge in [0.15, 0.2) is 0 Å². The number of benzene rings is 1. The first-order chi connectivity index (χ1) is 6.74. The van der Waals surface area contributed by atoms with Gasteiger partial charge in [0.05, 0.1) is 6.04 Å². The zero-order valence-corrected chi connectivity index (χ0v) is 7.94. The number of hydrogen-bond acceptors (Lipinski definition) is 3. The van der Waals surface area contributed by atoms with Gasteiger partial charge in [-0.15, -0.1) is 0 Å². The van der Waals surface area contributed by atoms with Crippen molar-refractivity contribution in [2.24, 2.45) is 11.6 Å². The summed E-state index contributed by atoms with van der Waals surface area (Å²) in [5.41, 5.74) is 8.79. The number of carbonyl (C=O) groups excluding carboxylic acids is 1. The van der Waals surface area contributed by atoms with Crippen LogP contribution in [-0.2, 0) is 11.2 Å². The molecule has 14 heavy (non-hydrogen) atoms. The highest BCUT2D eigenvalue weighted by Gasteiger charge is 2.10. The number of amides is 1. The maximum absolute atomic E-state index is 11.0. The summed E-state index contributed by atoms with van der Waals surface area (Å²) < 4.78 is 0. The Balaban J connectivity index is 2.38. The second-order valence-electron chi connectivity index (χ2n) is 3.14. The summed E-state index contributed by atoms with van der Waals surface area (Å²) in [6.07, 6.45) is 1.39. The fraction of sp³-hybridized carbons (Fsp3) is 0.300. The highest BCUT2D eigenvalue weighted by molar-refractivity contribution is 5.80. The monoisotopic (exact) mass is 193 g/mol. The molecule has 1 rings (SSSR count). The average Bonchev–Trinajstić information content (AvgIpc) is 2.26. The van der Waals surface area contributed by atoms with Crippen molar-refractivity contribution in [1.82, 2.24) is 5.43 Å². The van der Waals surface area contributed by atoms with Gasteiger partial charge in [-0.2, -0.15) is 0 Å². The van der Waals surface area contributed by atoms with Gasteiger partial charge in [-0.1, -0.05) is 30.3 Å². The summed E-state index contributed by atoms with van der Waals surface area (Å²) in [6, 6.07) is 9.37. The summed E-state index contributed by atoms with van der Waals surface area (Å²) in [5, 5.41) is 0.